The maximum Gasteiger partial charge on any atom is 0.212 e. The highest BCUT2D eigenvalue weighted by Crippen LogP contribution is 2.39. The third-order valence-electron chi connectivity index (χ3n) is 4.94. The summed E-state index contributed by atoms with van der Waals surface area (Å²) in [5, 5.41) is 18.2. The summed E-state index contributed by atoms with van der Waals surface area (Å²) in [6.45, 7) is 1.93. The van der Waals surface area contributed by atoms with Gasteiger partial charge in [-0.2, -0.15) is 10.4 Å². The molecule has 27 heavy (non-hydrogen) atoms. The second-order valence-corrected chi connectivity index (χ2v) is 6.71. The van der Waals surface area contributed by atoms with Crippen LogP contribution in [0, 0.1) is 23.2 Å². The average molecular weight is 368 g/mol. The van der Waals surface area contributed by atoms with Gasteiger partial charge in [-0.3, -0.25) is 14.5 Å². The van der Waals surface area contributed by atoms with Crippen LogP contribution in [0.5, 0.6) is 0 Å². The third kappa shape index (κ3) is 4.26. The number of amides is 1. The Morgan fingerprint density at radius 3 is 2.89 bits per heavy atom. The van der Waals surface area contributed by atoms with Gasteiger partial charge < -0.3 is 15.4 Å². The molecule has 1 aromatic heterocycles. The molecule has 8 nitrogen and oxygen atoms in total. The van der Waals surface area contributed by atoms with Gasteiger partial charge in [-0.25, -0.2) is 0 Å². The van der Waals surface area contributed by atoms with Crippen molar-refractivity contribution in [2.45, 2.75) is 18.9 Å². The number of fused-ring (bicyclic) bond motifs is 1. The highest BCUT2D eigenvalue weighted by atomic mass is 16.5. The molecular formula is C19H24N6O2. The number of hydrogen-bond acceptors (Lipinski definition) is 6. The van der Waals surface area contributed by atoms with Crippen LogP contribution in [0.2, 0.25) is 0 Å². The lowest BCUT2D eigenvalue weighted by Gasteiger charge is -2.25. The Morgan fingerprint density at radius 1 is 1.48 bits per heavy atom. The summed E-state index contributed by atoms with van der Waals surface area (Å²) in [5.41, 5.74) is 2.15. The van der Waals surface area contributed by atoms with Crippen molar-refractivity contribution in [2.75, 3.05) is 20.2 Å². The van der Waals surface area contributed by atoms with Gasteiger partial charge in [0.1, 0.15) is 11.6 Å². The van der Waals surface area contributed by atoms with Crippen molar-refractivity contribution in [1.29, 1.82) is 5.26 Å². The second kappa shape index (κ2) is 8.64. The predicted molar refractivity (Wildman–Crippen MR) is 101 cm³/mol. The maximum absolute atomic E-state index is 10.6. The van der Waals surface area contributed by atoms with Crippen molar-refractivity contribution >= 4 is 17.8 Å². The molecule has 1 aromatic rings. The molecule has 0 spiro atoms. The maximum atomic E-state index is 10.6. The number of hydrogen-bond donors (Lipinski definition) is 2. The minimum absolute atomic E-state index is 0.0263. The smallest absolute Gasteiger partial charge is 0.212 e. The van der Waals surface area contributed by atoms with Gasteiger partial charge in [-0.05, 0) is 24.6 Å². The Morgan fingerprint density at radius 2 is 2.33 bits per heavy atom. The minimum atomic E-state index is -0.0263. The predicted octanol–water partition coefficient (Wildman–Crippen LogP) is 1.000. The lowest BCUT2D eigenvalue weighted by Crippen LogP contribution is -2.23. The Balaban J connectivity index is 0.000000253. The number of aryl methyl sites for hydroxylation is 1. The summed E-state index contributed by atoms with van der Waals surface area (Å²) in [6.07, 6.45) is 10.2. The quantitative estimate of drug-likeness (QED) is 0.775. The van der Waals surface area contributed by atoms with Gasteiger partial charge in [0.2, 0.25) is 6.41 Å². The van der Waals surface area contributed by atoms with Gasteiger partial charge in [0, 0.05) is 31.8 Å². The number of aliphatic imine (C=N–C) groups is 1. The van der Waals surface area contributed by atoms with E-state index >= 15 is 0 Å². The van der Waals surface area contributed by atoms with Gasteiger partial charge >= 0.3 is 0 Å². The van der Waals surface area contributed by atoms with E-state index in [9.17, 15) is 4.79 Å². The van der Waals surface area contributed by atoms with Crippen molar-refractivity contribution in [3.63, 3.8) is 0 Å². The van der Waals surface area contributed by atoms with E-state index in [4.69, 9.17) is 10.00 Å². The molecule has 0 bridgehead atoms. The van der Waals surface area contributed by atoms with Crippen LogP contribution in [0.1, 0.15) is 18.4 Å². The molecule has 1 saturated heterocycles. The molecule has 3 atom stereocenters. The van der Waals surface area contributed by atoms with Crippen molar-refractivity contribution in [3.05, 3.63) is 35.9 Å². The first-order valence-corrected chi connectivity index (χ1v) is 8.98. The van der Waals surface area contributed by atoms with Crippen molar-refractivity contribution in [2.24, 2.45) is 23.9 Å². The summed E-state index contributed by atoms with van der Waals surface area (Å²) in [7, 11) is 3.55. The first kappa shape index (κ1) is 18.9. The number of aromatic nitrogens is 2. The lowest BCUT2D eigenvalue weighted by atomic mass is 9.85. The van der Waals surface area contributed by atoms with E-state index in [0.717, 1.165) is 36.4 Å². The molecule has 8 heteroatoms. The Kier molecular flexibility index (Phi) is 6.04. The van der Waals surface area contributed by atoms with E-state index in [1.165, 1.54) is 0 Å². The summed E-state index contributed by atoms with van der Waals surface area (Å²) in [5.74, 6) is 2.03. The Hall–Kier alpha value is -2.92. The number of rotatable bonds is 3. The van der Waals surface area contributed by atoms with Crippen LogP contribution in [0.15, 0.2) is 35.3 Å². The fourth-order valence-corrected chi connectivity index (χ4v) is 3.55. The SMILES string of the molecule is COC1=CC=C(c2cnn(C)c2)C2N=C(NC=O)CC12.N#C[C@H]1CCNC1. The first-order chi connectivity index (χ1) is 13.2. The number of ether oxygens (including phenoxy) is 1. The number of methoxy groups -OCH3 is 1. The number of amidine groups is 1. The number of carbonyl (C=O) groups is 1. The van der Waals surface area contributed by atoms with Gasteiger partial charge in [0.15, 0.2) is 0 Å². The topological polar surface area (TPSA) is 104 Å². The number of carbonyl (C=O) groups excluding carboxylic acids is 1. The monoisotopic (exact) mass is 368 g/mol. The van der Waals surface area contributed by atoms with Crippen LogP contribution < -0.4 is 10.6 Å². The van der Waals surface area contributed by atoms with Crippen LogP contribution in [-0.2, 0) is 16.6 Å². The molecule has 4 rings (SSSR count). The molecule has 2 aliphatic heterocycles. The molecule has 3 heterocycles. The summed E-state index contributed by atoms with van der Waals surface area (Å²) in [6, 6.07) is 2.18. The number of nitriles is 1. The molecule has 3 aliphatic rings. The normalized spacial score (nSPS) is 25.8. The average Bonchev–Trinajstić information content (AvgIpc) is 3.42. The van der Waals surface area contributed by atoms with E-state index < -0.39 is 0 Å². The minimum Gasteiger partial charge on any atom is -0.501 e. The molecule has 0 saturated carbocycles. The van der Waals surface area contributed by atoms with E-state index in [1.54, 1.807) is 11.8 Å². The zero-order valence-corrected chi connectivity index (χ0v) is 15.6. The van der Waals surface area contributed by atoms with Gasteiger partial charge in [-0.15, -0.1) is 0 Å². The van der Waals surface area contributed by atoms with E-state index in [0.29, 0.717) is 24.6 Å². The second-order valence-electron chi connectivity index (χ2n) is 6.71. The number of nitrogens with zero attached hydrogens (tertiary/aromatic N) is 4. The fourth-order valence-electron chi connectivity index (χ4n) is 3.55. The largest absolute Gasteiger partial charge is 0.501 e. The van der Waals surface area contributed by atoms with E-state index in [2.05, 4.69) is 26.8 Å². The van der Waals surface area contributed by atoms with Crippen LogP contribution >= 0.6 is 0 Å². The van der Waals surface area contributed by atoms with Crippen LogP contribution in [0.3, 0.4) is 0 Å². The molecule has 1 aliphatic carbocycles. The Labute approximate surface area is 158 Å². The standard InChI is InChI=1S/C14H16N4O2.C5H8N2/c1-18-7-9(6-16-18)10-3-4-12(20-2)11-5-13(15-8-19)17-14(10)11;6-3-5-1-2-7-4-5/h3-4,6-8,11,14H,5H2,1-2H3,(H,15,17,19);5,7H,1-2,4H2/t;5-/m.1/s1. The fraction of sp³-hybridized carbons (Fsp3) is 0.474. The van der Waals surface area contributed by atoms with Gasteiger partial charge in [0.25, 0.3) is 0 Å². The molecule has 1 amide bonds. The molecular weight excluding hydrogens is 344 g/mol. The highest BCUT2D eigenvalue weighted by Gasteiger charge is 2.37. The van der Waals surface area contributed by atoms with E-state index in [-0.39, 0.29) is 12.0 Å². The van der Waals surface area contributed by atoms with Crippen molar-refractivity contribution in [3.8, 4) is 6.07 Å². The zero-order chi connectivity index (χ0) is 19.2. The molecule has 1 fully saturated rings. The summed E-state index contributed by atoms with van der Waals surface area (Å²) >= 11 is 0. The Bertz CT molecular complexity index is 810. The van der Waals surface area contributed by atoms with Crippen LogP contribution in [0.4, 0.5) is 0 Å². The molecule has 0 radical (unpaired) electrons. The summed E-state index contributed by atoms with van der Waals surface area (Å²) < 4.78 is 7.20. The highest BCUT2D eigenvalue weighted by molar-refractivity contribution is 5.94. The van der Waals surface area contributed by atoms with Gasteiger partial charge in [-0.1, -0.05) is 6.08 Å². The lowest BCUT2D eigenvalue weighted by molar-refractivity contribution is -0.108. The molecule has 0 aromatic carbocycles. The molecule has 2 N–H and O–H groups in total. The molecule has 2 unspecified atom stereocenters. The van der Waals surface area contributed by atoms with Gasteiger partial charge in [0.05, 0.1) is 37.3 Å². The van der Waals surface area contributed by atoms with Crippen LogP contribution in [0.25, 0.3) is 5.57 Å². The van der Waals surface area contributed by atoms with E-state index in [1.807, 2.05) is 31.6 Å². The number of allylic oxidation sites excluding steroid dienone is 2. The zero-order valence-electron chi connectivity index (χ0n) is 15.6. The first-order valence-electron chi connectivity index (χ1n) is 8.98. The summed E-state index contributed by atoms with van der Waals surface area (Å²) in [4.78, 5) is 15.2. The third-order valence-corrected chi connectivity index (χ3v) is 4.94. The van der Waals surface area contributed by atoms with Crippen LogP contribution in [-0.4, -0.2) is 48.3 Å². The van der Waals surface area contributed by atoms with Crippen molar-refractivity contribution < 1.29 is 9.53 Å². The molecule has 142 valence electrons. The van der Waals surface area contributed by atoms with Crippen molar-refractivity contribution in [1.82, 2.24) is 20.4 Å². The number of nitrogens with one attached hydrogen (secondary N) is 2.